The van der Waals surface area contributed by atoms with Gasteiger partial charge in [-0.1, -0.05) is 13.8 Å². The molecule has 1 aliphatic carbocycles. The third-order valence-corrected chi connectivity index (χ3v) is 9.09. The summed E-state index contributed by atoms with van der Waals surface area (Å²) in [5, 5.41) is 4.41. The van der Waals surface area contributed by atoms with Crippen LogP contribution in [0.1, 0.15) is 63.8 Å². The molecule has 166 valence electrons. The third kappa shape index (κ3) is 1.90. The smallest absolute Gasteiger partial charge is 0.249 e. The van der Waals surface area contributed by atoms with Crippen LogP contribution in [-0.4, -0.2) is 44.9 Å². The van der Waals surface area contributed by atoms with E-state index in [1.165, 1.54) is 5.69 Å². The summed E-state index contributed by atoms with van der Waals surface area (Å²) in [7, 11) is 0. The predicted octanol–water partition coefficient (Wildman–Crippen LogP) is 3.44. The number of aromatic amines is 1. The van der Waals surface area contributed by atoms with Gasteiger partial charge >= 0.3 is 0 Å². The van der Waals surface area contributed by atoms with Crippen molar-refractivity contribution >= 4 is 28.8 Å². The Kier molecular flexibility index (Phi) is 3.07. The monoisotopic (exact) mass is 431 g/mol. The van der Waals surface area contributed by atoms with E-state index in [4.69, 9.17) is 4.74 Å². The van der Waals surface area contributed by atoms with Crippen LogP contribution in [-0.2, 0) is 21.4 Å². The summed E-state index contributed by atoms with van der Waals surface area (Å²) in [5.74, 6) is 1.13. The first kappa shape index (κ1) is 18.8. The highest BCUT2D eigenvalue weighted by atomic mass is 16.5. The lowest BCUT2D eigenvalue weighted by Crippen LogP contribution is -2.84. The topological polar surface area (TPSA) is 74.4 Å². The van der Waals surface area contributed by atoms with Crippen molar-refractivity contribution in [3.63, 3.8) is 0 Å². The van der Waals surface area contributed by atoms with Gasteiger partial charge in [0.2, 0.25) is 11.8 Å². The van der Waals surface area contributed by atoms with Gasteiger partial charge in [0.15, 0.2) is 0 Å². The van der Waals surface area contributed by atoms with E-state index in [0.717, 1.165) is 47.0 Å². The Balaban J connectivity index is 1.46. The Morgan fingerprint density at radius 3 is 2.78 bits per heavy atom. The molecule has 6 nitrogen and oxygen atoms in total. The van der Waals surface area contributed by atoms with Gasteiger partial charge in [-0.2, -0.15) is 0 Å². The fourth-order valence-corrected chi connectivity index (χ4v) is 7.56. The van der Waals surface area contributed by atoms with E-state index in [-0.39, 0.29) is 28.7 Å². The van der Waals surface area contributed by atoms with Gasteiger partial charge in [-0.25, -0.2) is 0 Å². The number of hydrogen-bond acceptors (Lipinski definition) is 3. The standard InChI is InChI=1S/C26H29N3O3/c1-23(2)10-8-15-17(32-23)7-6-14-16-12-26-18(24(3,4)20(16)27-19(14)15)13-25(21(30)28-26)9-5-11-29(25)22(26)31/h6-8,10,18,27H,5,9,11-13H2,1-4H3,(H,28,30)/t18-,25+,26+/m0/s1. The molecule has 2 amide bonds. The van der Waals surface area contributed by atoms with Gasteiger partial charge in [0.1, 0.15) is 22.4 Å². The maximum Gasteiger partial charge on any atom is 0.249 e. The highest BCUT2D eigenvalue weighted by Gasteiger charge is 2.72. The Morgan fingerprint density at radius 2 is 1.97 bits per heavy atom. The second-order valence-corrected chi connectivity index (χ2v) is 11.6. The van der Waals surface area contributed by atoms with Crippen molar-refractivity contribution in [2.75, 3.05) is 6.54 Å². The van der Waals surface area contributed by atoms with Crippen molar-refractivity contribution in [3.05, 3.63) is 35.0 Å². The zero-order valence-corrected chi connectivity index (χ0v) is 19.1. The summed E-state index contributed by atoms with van der Waals surface area (Å²) >= 11 is 0. The van der Waals surface area contributed by atoms with Crippen molar-refractivity contribution in [3.8, 4) is 5.75 Å². The minimum Gasteiger partial charge on any atom is -0.483 e. The molecule has 5 aliphatic heterocycles. The molecule has 3 atom stereocenters. The maximum absolute atomic E-state index is 13.9. The molecule has 4 saturated heterocycles. The predicted molar refractivity (Wildman–Crippen MR) is 121 cm³/mol. The largest absolute Gasteiger partial charge is 0.483 e. The number of H-pyrrole nitrogens is 1. The van der Waals surface area contributed by atoms with Gasteiger partial charge in [0, 0.05) is 40.9 Å². The van der Waals surface area contributed by atoms with E-state index >= 15 is 0 Å². The quantitative estimate of drug-likeness (QED) is 0.671. The van der Waals surface area contributed by atoms with Crippen molar-refractivity contribution in [1.82, 2.24) is 15.2 Å². The molecule has 0 radical (unpaired) electrons. The van der Waals surface area contributed by atoms with Crippen LogP contribution >= 0.6 is 0 Å². The van der Waals surface area contributed by atoms with Crippen LogP contribution < -0.4 is 10.1 Å². The van der Waals surface area contributed by atoms with E-state index in [1.54, 1.807) is 0 Å². The van der Waals surface area contributed by atoms with Crippen LogP contribution in [0.4, 0.5) is 0 Å². The number of carbonyl (C=O) groups excluding carboxylic acids is 2. The van der Waals surface area contributed by atoms with E-state index in [0.29, 0.717) is 13.0 Å². The number of piperazine rings is 1. The third-order valence-electron chi connectivity index (χ3n) is 9.09. The van der Waals surface area contributed by atoms with Crippen LogP contribution in [0.3, 0.4) is 0 Å². The van der Waals surface area contributed by atoms with Gasteiger partial charge in [-0.15, -0.1) is 0 Å². The molecule has 6 heteroatoms. The van der Waals surface area contributed by atoms with E-state index in [9.17, 15) is 9.59 Å². The van der Waals surface area contributed by atoms with Crippen molar-refractivity contribution in [1.29, 1.82) is 0 Å². The average Bonchev–Trinajstić information content (AvgIpc) is 3.32. The van der Waals surface area contributed by atoms with E-state index < -0.39 is 11.1 Å². The summed E-state index contributed by atoms with van der Waals surface area (Å²) in [6, 6.07) is 4.16. The van der Waals surface area contributed by atoms with Gasteiger partial charge in [0.05, 0.1) is 5.52 Å². The first-order chi connectivity index (χ1) is 15.1. The summed E-state index contributed by atoms with van der Waals surface area (Å²) in [5.41, 5.74) is 2.38. The average molecular weight is 432 g/mol. The SMILES string of the molecule is CC1(C)C=Cc2c(ccc3c4c([nH]c23)C(C)(C)[C@@H]2C[C@@]35CCCN3C(=O)[C@]2(C4)NC5=O)O1. The van der Waals surface area contributed by atoms with E-state index in [1.807, 2.05) is 11.0 Å². The molecule has 2 bridgehead atoms. The molecule has 2 aromatic rings. The highest BCUT2D eigenvalue weighted by Crippen LogP contribution is 2.59. The number of aromatic nitrogens is 1. The molecule has 32 heavy (non-hydrogen) atoms. The summed E-state index contributed by atoms with van der Waals surface area (Å²) in [6.45, 7) is 9.29. The summed E-state index contributed by atoms with van der Waals surface area (Å²) < 4.78 is 6.21. The number of nitrogens with one attached hydrogen (secondary N) is 2. The van der Waals surface area contributed by atoms with Crippen LogP contribution in [0.2, 0.25) is 0 Å². The minimum absolute atomic E-state index is 0.0564. The first-order valence-corrected chi connectivity index (χ1v) is 11.8. The molecule has 0 unspecified atom stereocenters. The first-order valence-electron chi connectivity index (χ1n) is 11.8. The van der Waals surface area contributed by atoms with Crippen molar-refractivity contribution in [2.24, 2.45) is 5.92 Å². The molecule has 4 fully saturated rings. The Labute approximate surface area is 187 Å². The lowest BCUT2D eigenvalue weighted by molar-refractivity contribution is -0.179. The summed E-state index contributed by atoms with van der Waals surface area (Å²) in [4.78, 5) is 32.9. The number of fused-ring (bicyclic) bond motifs is 6. The maximum atomic E-state index is 13.9. The van der Waals surface area contributed by atoms with Gasteiger partial charge in [0.25, 0.3) is 0 Å². The molecule has 1 aromatic heterocycles. The molecule has 6 heterocycles. The Bertz CT molecular complexity index is 1280. The Morgan fingerprint density at radius 1 is 1.16 bits per heavy atom. The number of carbonyl (C=O) groups is 2. The van der Waals surface area contributed by atoms with Crippen LogP contribution in [0.15, 0.2) is 18.2 Å². The molecular weight excluding hydrogens is 402 g/mol. The lowest BCUT2D eigenvalue weighted by Gasteiger charge is -2.64. The number of piperidine rings is 2. The van der Waals surface area contributed by atoms with E-state index in [2.05, 4.69) is 56.2 Å². The zero-order valence-electron chi connectivity index (χ0n) is 19.1. The molecule has 6 aliphatic rings. The van der Waals surface area contributed by atoms with Crippen molar-refractivity contribution in [2.45, 2.75) is 75.5 Å². The number of amides is 2. The molecule has 0 saturated carbocycles. The molecule has 2 spiro atoms. The number of hydrogen-bond donors (Lipinski definition) is 2. The van der Waals surface area contributed by atoms with Crippen LogP contribution in [0.25, 0.3) is 17.0 Å². The molecule has 1 aromatic carbocycles. The normalized spacial score (nSPS) is 35.1. The van der Waals surface area contributed by atoms with Crippen LogP contribution in [0, 0.1) is 5.92 Å². The van der Waals surface area contributed by atoms with Gasteiger partial charge in [-0.3, -0.25) is 9.59 Å². The molecule has 2 N–H and O–H groups in total. The number of ether oxygens (including phenoxy) is 1. The van der Waals surface area contributed by atoms with Crippen molar-refractivity contribution < 1.29 is 14.3 Å². The second kappa shape index (κ2) is 5.24. The molecule has 8 rings (SSSR count). The Hall–Kier alpha value is -2.76. The fraction of sp³-hybridized carbons (Fsp3) is 0.538. The summed E-state index contributed by atoms with van der Waals surface area (Å²) in [6.07, 6.45) is 7.22. The van der Waals surface area contributed by atoms with Gasteiger partial charge < -0.3 is 19.9 Å². The number of benzene rings is 1. The highest BCUT2D eigenvalue weighted by molar-refractivity contribution is 6.06. The second-order valence-electron chi connectivity index (χ2n) is 11.6. The fourth-order valence-electron chi connectivity index (χ4n) is 7.56. The van der Waals surface area contributed by atoms with Gasteiger partial charge in [-0.05, 0) is 63.0 Å². The van der Waals surface area contributed by atoms with Crippen LogP contribution in [0.5, 0.6) is 5.75 Å². The zero-order chi connectivity index (χ0) is 22.3. The minimum atomic E-state index is -0.848. The molecular formula is C26H29N3O3. The lowest BCUT2D eigenvalue weighted by atomic mass is 9.51. The number of rotatable bonds is 0. The number of nitrogens with zero attached hydrogens (tertiary/aromatic N) is 1.